The molecular formula is C20H30Mg. The van der Waals surface area contributed by atoms with Gasteiger partial charge in [0.25, 0.3) is 0 Å². The van der Waals surface area contributed by atoms with E-state index in [1.165, 1.54) is 35.1 Å². The predicted molar refractivity (Wildman–Crippen MR) is 96.7 cm³/mol. The Hall–Kier alpha value is -0.534. The molecule has 0 aliphatic carbocycles. The van der Waals surface area contributed by atoms with E-state index in [1.54, 1.807) is 0 Å². The third-order valence-electron chi connectivity index (χ3n) is 4.23. The quantitative estimate of drug-likeness (QED) is 0.474. The third-order valence-corrected chi connectivity index (χ3v) is 4.23. The Labute approximate surface area is 147 Å². The zero-order chi connectivity index (χ0) is 15.1. The first-order valence-corrected chi connectivity index (χ1v) is 7.94. The molecule has 112 valence electrons. The smallest absolute Gasteiger partial charge is 0.210 e. The Morgan fingerprint density at radius 3 is 1.33 bits per heavy atom. The Balaban J connectivity index is 0.000000364. The average molecular weight is 295 g/mol. The monoisotopic (exact) mass is 294 g/mol. The first kappa shape index (κ1) is 20.5. The summed E-state index contributed by atoms with van der Waals surface area (Å²) in [7, 11) is 0. The van der Waals surface area contributed by atoms with Crippen molar-refractivity contribution in [1.29, 1.82) is 0 Å². The second-order valence-electron chi connectivity index (χ2n) is 6.06. The maximum absolute atomic E-state index is 2.27. The Morgan fingerprint density at radius 2 is 1.14 bits per heavy atom. The number of aryl methyl sites for hydroxylation is 2. The molecule has 0 heterocycles. The summed E-state index contributed by atoms with van der Waals surface area (Å²) in [5, 5.41) is 0. The first-order valence-electron chi connectivity index (χ1n) is 7.94. The Bertz CT molecular complexity index is 443. The summed E-state index contributed by atoms with van der Waals surface area (Å²) in [4.78, 5) is 0. The van der Waals surface area contributed by atoms with Crippen molar-refractivity contribution in [2.75, 3.05) is 0 Å². The van der Waals surface area contributed by atoms with E-state index in [9.17, 15) is 0 Å². The van der Waals surface area contributed by atoms with Gasteiger partial charge in [0.2, 0.25) is 0 Å². The number of rotatable bonds is 4. The molecule has 2 aromatic carbocycles. The van der Waals surface area contributed by atoms with Crippen molar-refractivity contribution >= 4 is 23.1 Å². The normalized spacial score (nSPS) is 12.9. The first-order chi connectivity index (χ1) is 9.47. The minimum Gasteiger partial charge on any atom is -0.210 e. The molecule has 0 N–H and O–H groups in total. The van der Waals surface area contributed by atoms with Crippen molar-refractivity contribution in [3.05, 3.63) is 58.7 Å². The molecule has 0 fully saturated rings. The van der Waals surface area contributed by atoms with Crippen molar-refractivity contribution in [1.82, 2.24) is 0 Å². The summed E-state index contributed by atoms with van der Waals surface area (Å²) < 4.78 is 0. The van der Waals surface area contributed by atoms with Gasteiger partial charge < -0.3 is 0 Å². The predicted octanol–water partition coefficient (Wildman–Crippen LogP) is 6.07. The van der Waals surface area contributed by atoms with E-state index in [0.29, 0.717) is 0 Å². The fourth-order valence-corrected chi connectivity index (χ4v) is 2.26. The molecule has 2 unspecified atom stereocenters. The summed E-state index contributed by atoms with van der Waals surface area (Å²) >= 11 is 0. The molecule has 2 rings (SSSR count). The maximum Gasteiger partial charge on any atom is 2.00 e. The van der Waals surface area contributed by atoms with Crippen LogP contribution in [-0.2, 0) is 0 Å². The second kappa shape index (κ2) is 10.2. The van der Waals surface area contributed by atoms with Gasteiger partial charge in [-0.1, -0.05) is 66.2 Å². The van der Waals surface area contributed by atoms with Crippen LogP contribution in [0.1, 0.15) is 74.6 Å². The van der Waals surface area contributed by atoms with Gasteiger partial charge in [0, 0.05) is 0 Å². The fraction of sp³-hybridized carbons (Fsp3) is 0.500. The van der Waals surface area contributed by atoms with Crippen LogP contribution in [0.5, 0.6) is 0 Å². The van der Waals surface area contributed by atoms with E-state index in [4.69, 9.17) is 0 Å². The summed E-state index contributed by atoms with van der Waals surface area (Å²) in [5.74, 6) is 1.46. The summed E-state index contributed by atoms with van der Waals surface area (Å²) in [6, 6.07) is 13.4. The zero-order valence-electron chi connectivity index (χ0n) is 14.7. The van der Waals surface area contributed by atoms with Gasteiger partial charge >= 0.3 is 23.1 Å². The van der Waals surface area contributed by atoms with E-state index in [-0.39, 0.29) is 23.1 Å². The Morgan fingerprint density at radius 1 is 0.810 bits per heavy atom. The molecule has 0 spiro atoms. The standard InChI is InChI=1S/2C10H15.Mg/c2*1-4-9(3)10-6-5-8(2)7-10;/h2*5-7,9H,4H2,1-3H3;/q2*-1;+2. The van der Waals surface area contributed by atoms with Crippen LogP contribution in [0, 0.1) is 13.8 Å². The van der Waals surface area contributed by atoms with E-state index in [2.05, 4.69) is 77.9 Å². The molecule has 2 atom stereocenters. The average Bonchev–Trinajstić information content (AvgIpc) is 3.06. The van der Waals surface area contributed by atoms with Gasteiger partial charge in [0.15, 0.2) is 0 Å². The van der Waals surface area contributed by atoms with Crippen molar-refractivity contribution in [3.8, 4) is 0 Å². The van der Waals surface area contributed by atoms with Crippen molar-refractivity contribution in [2.45, 2.75) is 66.2 Å². The van der Waals surface area contributed by atoms with E-state index >= 15 is 0 Å². The molecule has 0 aliphatic heterocycles. The zero-order valence-corrected chi connectivity index (χ0v) is 16.2. The van der Waals surface area contributed by atoms with E-state index < -0.39 is 0 Å². The van der Waals surface area contributed by atoms with Crippen LogP contribution in [0.25, 0.3) is 0 Å². The molecule has 0 amide bonds. The summed E-state index contributed by atoms with van der Waals surface area (Å²) in [5.41, 5.74) is 5.74. The van der Waals surface area contributed by atoms with Gasteiger partial charge in [0.05, 0.1) is 0 Å². The van der Waals surface area contributed by atoms with Gasteiger partial charge in [-0.05, 0) is 0 Å². The molecule has 0 saturated heterocycles. The van der Waals surface area contributed by atoms with Crippen molar-refractivity contribution < 1.29 is 0 Å². The van der Waals surface area contributed by atoms with Crippen LogP contribution >= 0.6 is 0 Å². The second-order valence-corrected chi connectivity index (χ2v) is 6.06. The molecule has 0 aromatic heterocycles. The molecule has 0 radical (unpaired) electrons. The van der Waals surface area contributed by atoms with Crippen LogP contribution in [0.4, 0.5) is 0 Å². The van der Waals surface area contributed by atoms with Gasteiger partial charge in [-0.2, -0.15) is 46.5 Å². The van der Waals surface area contributed by atoms with Crippen LogP contribution in [0.3, 0.4) is 0 Å². The molecule has 2 aromatic rings. The van der Waals surface area contributed by atoms with Crippen LogP contribution in [0.15, 0.2) is 36.4 Å². The van der Waals surface area contributed by atoms with Gasteiger partial charge in [-0.25, -0.2) is 12.1 Å². The van der Waals surface area contributed by atoms with Crippen molar-refractivity contribution in [3.63, 3.8) is 0 Å². The van der Waals surface area contributed by atoms with Crippen LogP contribution in [0.2, 0.25) is 0 Å². The van der Waals surface area contributed by atoms with Crippen molar-refractivity contribution in [2.24, 2.45) is 0 Å². The Kier molecular flexibility index (Phi) is 9.98. The summed E-state index contributed by atoms with van der Waals surface area (Å²) in [6.45, 7) is 13.3. The van der Waals surface area contributed by atoms with Crippen LogP contribution in [-0.4, -0.2) is 23.1 Å². The molecular weight excluding hydrogens is 265 g/mol. The molecule has 1 heteroatoms. The summed E-state index contributed by atoms with van der Waals surface area (Å²) in [6.07, 6.45) is 2.48. The van der Waals surface area contributed by atoms with Crippen LogP contribution < -0.4 is 0 Å². The molecule has 0 saturated carbocycles. The van der Waals surface area contributed by atoms with Gasteiger partial charge in [-0.15, -0.1) is 0 Å². The SMILES string of the molecule is CCC(C)c1cc[c-](C)c1.CCC(C)c1cc[c-](C)c1.[Mg+2]. The van der Waals surface area contributed by atoms with Gasteiger partial charge in [0.1, 0.15) is 0 Å². The largest absolute Gasteiger partial charge is 2.00 e. The number of hydrogen-bond acceptors (Lipinski definition) is 0. The fourth-order valence-electron chi connectivity index (χ4n) is 2.26. The number of hydrogen-bond donors (Lipinski definition) is 0. The topological polar surface area (TPSA) is 0 Å². The molecule has 21 heavy (non-hydrogen) atoms. The molecule has 0 bridgehead atoms. The van der Waals surface area contributed by atoms with E-state index in [1.807, 2.05) is 0 Å². The third kappa shape index (κ3) is 6.84. The molecule has 0 nitrogen and oxygen atoms in total. The van der Waals surface area contributed by atoms with Gasteiger partial charge in [-0.3, -0.25) is 0 Å². The minimum atomic E-state index is 0. The minimum absolute atomic E-state index is 0. The molecule has 0 aliphatic rings. The van der Waals surface area contributed by atoms with E-state index in [0.717, 1.165) is 11.8 Å². The maximum atomic E-state index is 2.27.